The normalized spacial score (nSPS) is 10.7. The molecular weight excluding hydrogens is 228 g/mol. The van der Waals surface area contributed by atoms with Gasteiger partial charge in [0.25, 0.3) is 5.71 Å². The predicted molar refractivity (Wildman–Crippen MR) is 55.8 cm³/mol. The van der Waals surface area contributed by atoms with Gasteiger partial charge in [-0.25, -0.2) is 4.79 Å². The summed E-state index contributed by atoms with van der Waals surface area (Å²) in [6.07, 6.45) is 0. The van der Waals surface area contributed by atoms with Crippen LogP contribution in [0.4, 0.5) is 0 Å². The molecule has 0 saturated heterocycles. The van der Waals surface area contributed by atoms with E-state index in [1.54, 1.807) is 13.8 Å². The van der Waals surface area contributed by atoms with Crippen molar-refractivity contribution >= 4 is 17.1 Å². The minimum absolute atomic E-state index is 0.0365. The van der Waals surface area contributed by atoms with Gasteiger partial charge in [-0.3, -0.25) is 0 Å². The Bertz CT molecular complexity index is 590. The third kappa shape index (κ3) is 1.65. The molecule has 0 aliphatic heterocycles. The average molecular weight is 238 g/mol. The van der Waals surface area contributed by atoms with Gasteiger partial charge in [0.2, 0.25) is 5.88 Å². The molecule has 0 bridgehead atoms. The van der Waals surface area contributed by atoms with Gasteiger partial charge in [0.1, 0.15) is 11.1 Å². The van der Waals surface area contributed by atoms with Crippen molar-refractivity contribution in [3.8, 4) is 11.6 Å². The van der Waals surface area contributed by atoms with E-state index in [0.29, 0.717) is 5.69 Å². The Hall–Kier alpha value is -2.31. The molecule has 7 nitrogen and oxygen atoms in total. The Morgan fingerprint density at radius 3 is 2.82 bits per heavy atom. The van der Waals surface area contributed by atoms with Crippen LogP contribution in [0.25, 0.3) is 11.1 Å². The summed E-state index contributed by atoms with van der Waals surface area (Å²) in [6, 6.07) is 0. The number of rotatable bonds is 2. The lowest BCUT2D eigenvalue weighted by Crippen LogP contribution is -2.06. The molecule has 7 heteroatoms. The maximum atomic E-state index is 11.5. The lowest BCUT2D eigenvalue weighted by Gasteiger charge is -2.05. The number of aryl methyl sites for hydroxylation is 1. The molecule has 17 heavy (non-hydrogen) atoms. The molecule has 0 fully saturated rings. The Labute approximate surface area is 95.6 Å². The van der Waals surface area contributed by atoms with Crippen LogP contribution in [0, 0.1) is 6.92 Å². The summed E-state index contributed by atoms with van der Waals surface area (Å²) >= 11 is 0. The SMILES string of the molecule is CCOC(=O)c1c(O)nc2onc(C)c2c1O. The molecule has 90 valence electrons. The van der Waals surface area contributed by atoms with E-state index >= 15 is 0 Å². The third-order valence-corrected chi connectivity index (χ3v) is 2.23. The first-order chi connectivity index (χ1) is 8.06. The highest BCUT2D eigenvalue weighted by atomic mass is 16.5. The van der Waals surface area contributed by atoms with Crippen LogP contribution < -0.4 is 0 Å². The van der Waals surface area contributed by atoms with Crippen molar-refractivity contribution in [2.75, 3.05) is 6.61 Å². The fourth-order valence-corrected chi connectivity index (χ4v) is 1.48. The van der Waals surface area contributed by atoms with Gasteiger partial charge in [0.15, 0.2) is 5.56 Å². The molecule has 0 aliphatic carbocycles. The number of carbonyl (C=O) groups excluding carboxylic acids is 1. The number of hydrogen-bond donors (Lipinski definition) is 2. The zero-order valence-electron chi connectivity index (χ0n) is 9.22. The summed E-state index contributed by atoms with van der Waals surface area (Å²) in [6.45, 7) is 3.32. The highest BCUT2D eigenvalue weighted by molar-refractivity contribution is 6.01. The lowest BCUT2D eigenvalue weighted by atomic mass is 10.1. The molecular formula is C10H10N2O5. The summed E-state index contributed by atoms with van der Waals surface area (Å²) in [4.78, 5) is 15.2. The Balaban J connectivity index is 2.70. The van der Waals surface area contributed by atoms with Crippen LogP contribution >= 0.6 is 0 Å². The van der Waals surface area contributed by atoms with E-state index in [0.717, 1.165) is 0 Å². The summed E-state index contributed by atoms with van der Waals surface area (Å²) in [5.74, 6) is -1.94. The van der Waals surface area contributed by atoms with Crippen molar-refractivity contribution in [2.45, 2.75) is 13.8 Å². The molecule has 0 spiro atoms. The fourth-order valence-electron chi connectivity index (χ4n) is 1.48. The van der Waals surface area contributed by atoms with Crippen LogP contribution in [0.3, 0.4) is 0 Å². The van der Waals surface area contributed by atoms with E-state index in [4.69, 9.17) is 9.26 Å². The van der Waals surface area contributed by atoms with Crippen molar-refractivity contribution in [3.05, 3.63) is 11.3 Å². The molecule has 0 aliphatic rings. The van der Waals surface area contributed by atoms with E-state index in [1.807, 2.05) is 0 Å². The summed E-state index contributed by atoms with van der Waals surface area (Å²) in [5.41, 5.74) is -0.0493. The Morgan fingerprint density at radius 1 is 1.47 bits per heavy atom. The van der Waals surface area contributed by atoms with Gasteiger partial charge in [-0.15, -0.1) is 0 Å². The molecule has 2 aromatic rings. The number of aromatic nitrogens is 2. The highest BCUT2D eigenvalue weighted by Crippen LogP contribution is 2.35. The quantitative estimate of drug-likeness (QED) is 0.755. The van der Waals surface area contributed by atoms with Crippen LogP contribution in [0.2, 0.25) is 0 Å². The first-order valence-electron chi connectivity index (χ1n) is 4.91. The van der Waals surface area contributed by atoms with Crippen molar-refractivity contribution in [1.82, 2.24) is 10.1 Å². The fraction of sp³-hybridized carbons (Fsp3) is 0.300. The van der Waals surface area contributed by atoms with Crippen LogP contribution in [0.15, 0.2) is 4.52 Å². The van der Waals surface area contributed by atoms with Crippen molar-refractivity contribution < 1.29 is 24.3 Å². The van der Waals surface area contributed by atoms with E-state index in [1.165, 1.54) is 0 Å². The number of ether oxygens (including phenoxy) is 1. The molecule has 0 atom stereocenters. The number of carbonyl (C=O) groups is 1. The van der Waals surface area contributed by atoms with Crippen LogP contribution in [0.5, 0.6) is 11.6 Å². The van der Waals surface area contributed by atoms with Gasteiger partial charge in [0.05, 0.1) is 12.3 Å². The van der Waals surface area contributed by atoms with Crippen molar-refractivity contribution in [1.29, 1.82) is 0 Å². The van der Waals surface area contributed by atoms with Crippen molar-refractivity contribution in [3.63, 3.8) is 0 Å². The van der Waals surface area contributed by atoms with Gasteiger partial charge in [0, 0.05) is 0 Å². The molecule has 0 radical (unpaired) electrons. The van der Waals surface area contributed by atoms with E-state index in [2.05, 4.69) is 10.1 Å². The molecule has 0 aromatic carbocycles. The van der Waals surface area contributed by atoms with Gasteiger partial charge in [-0.2, -0.15) is 4.98 Å². The van der Waals surface area contributed by atoms with Crippen LogP contribution in [0.1, 0.15) is 23.0 Å². The standard InChI is InChI=1S/C10H10N2O5/c1-3-16-10(15)6-7(13)5-4(2)12-17-9(5)11-8(6)14/h3H2,1-2H3,(H2,11,13,14). The second-order valence-electron chi connectivity index (χ2n) is 3.33. The maximum Gasteiger partial charge on any atom is 0.347 e. The first-order valence-corrected chi connectivity index (χ1v) is 4.91. The minimum Gasteiger partial charge on any atom is -0.506 e. The third-order valence-electron chi connectivity index (χ3n) is 2.23. The van der Waals surface area contributed by atoms with Gasteiger partial charge < -0.3 is 19.5 Å². The van der Waals surface area contributed by atoms with E-state index in [-0.39, 0.29) is 23.3 Å². The number of hydrogen-bond acceptors (Lipinski definition) is 7. The smallest absolute Gasteiger partial charge is 0.347 e. The molecule has 2 rings (SSSR count). The second kappa shape index (κ2) is 3.93. The summed E-state index contributed by atoms with van der Waals surface area (Å²) in [5, 5.41) is 23.2. The summed E-state index contributed by atoms with van der Waals surface area (Å²) < 4.78 is 9.48. The zero-order valence-corrected chi connectivity index (χ0v) is 9.22. The number of fused-ring (bicyclic) bond motifs is 1. The predicted octanol–water partition coefficient (Wildman–Crippen LogP) is 1.12. The highest BCUT2D eigenvalue weighted by Gasteiger charge is 2.25. The molecule has 0 unspecified atom stereocenters. The molecule has 0 saturated carbocycles. The maximum absolute atomic E-state index is 11.5. The molecule has 2 heterocycles. The lowest BCUT2D eigenvalue weighted by molar-refractivity contribution is 0.0519. The van der Waals surface area contributed by atoms with Gasteiger partial charge >= 0.3 is 5.97 Å². The topological polar surface area (TPSA) is 106 Å². The monoisotopic (exact) mass is 238 g/mol. The zero-order chi connectivity index (χ0) is 12.6. The number of esters is 1. The molecule has 0 amide bonds. The number of nitrogens with zero attached hydrogens (tertiary/aromatic N) is 2. The van der Waals surface area contributed by atoms with Gasteiger partial charge in [-0.05, 0) is 13.8 Å². The first kappa shape index (κ1) is 11.2. The summed E-state index contributed by atoms with van der Waals surface area (Å²) in [7, 11) is 0. The van der Waals surface area contributed by atoms with Crippen molar-refractivity contribution in [2.24, 2.45) is 0 Å². The number of pyridine rings is 1. The minimum atomic E-state index is -0.850. The number of aromatic hydroxyl groups is 2. The molecule has 2 aromatic heterocycles. The van der Waals surface area contributed by atoms with E-state index < -0.39 is 17.6 Å². The van der Waals surface area contributed by atoms with Crippen LogP contribution in [-0.4, -0.2) is 32.9 Å². The average Bonchev–Trinajstić information content (AvgIpc) is 2.60. The largest absolute Gasteiger partial charge is 0.506 e. The Kier molecular flexibility index (Phi) is 2.58. The van der Waals surface area contributed by atoms with E-state index in [9.17, 15) is 15.0 Å². The molecule has 2 N–H and O–H groups in total. The Morgan fingerprint density at radius 2 is 2.18 bits per heavy atom. The van der Waals surface area contributed by atoms with Crippen LogP contribution in [-0.2, 0) is 4.74 Å². The second-order valence-corrected chi connectivity index (χ2v) is 3.33. The van der Waals surface area contributed by atoms with Gasteiger partial charge in [-0.1, -0.05) is 5.16 Å².